The maximum absolute atomic E-state index is 5.88. The first kappa shape index (κ1) is 25.3. The van der Waals surface area contributed by atoms with E-state index in [2.05, 4.69) is 87.1 Å². The molecule has 6 nitrogen and oxygen atoms in total. The van der Waals surface area contributed by atoms with Gasteiger partial charge in [-0.3, -0.25) is 15.0 Å². The molecule has 0 bridgehead atoms. The van der Waals surface area contributed by atoms with Crippen molar-refractivity contribution in [1.29, 1.82) is 0 Å². The van der Waals surface area contributed by atoms with Crippen LogP contribution in [0.1, 0.15) is 84.1 Å². The fourth-order valence-electron chi connectivity index (χ4n) is 4.06. The van der Waals surface area contributed by atoms with Crippen molar-refractivity contribution in [3.8, 4) is 0 Å². The van der Waals surface area contributed by atoms with E-state index in [4.69, 9.17) is 21.6 Å². The lowest BCUT2D eigenvalue weighted by molar-refractivity contribution is -0.780. The highest BCUT2D eigenvalue weighted by Crippen LogP contribution is 2.28. The van der Waals surface area contributed by atoms with Gasteiger partial charge in [0.15, 0.2) is 12.7 Å². The lowest BCUT2D eigenvalue weighted by atomic mass is 9.84. The van der Waals surface area contributed by atoms with Crippen molar-refractivity contribution in [3.05, 3.63) is 65.0 Å². The Morgan fingerprint density at radius 1 is 0.848 bits per heavy atom. The zero-order chi connectivity index (χ0) is 24.4. The van der Waals surface area contributed by atoms with E-state index < -0.39 is 0 Å². The third-order valence-electron chi connectivity index (χ3n) is 6.99. The van der Waals surface area contributed by atoms with Crippen molar-refractivity contribution in [2.45, 2.75) is 90.5 Å². The Bertz CT molecular complexity index is 1070. The van der Waals surface area contributed by atoms with Crippen LogP contribution in [0.25, 0.3) is 0 Å². The molecule has 0 saturated heterocycles. The number of nitrogens with zero attached hydrogens (tertiary/aromatic N) is 6. The van der Waals surface area contributed by atoms with Crippen LogP contribution in [0.15, 0.2) is 37.1 Å². The maximum atomic E-state index is 5.88. The molecule has 3 aromatic heterocycles. The number of aryl methyl sites for hydroxylation is 1. The molecule has 3 rings (SSSR count). The van der Waals surface area contributed by atoms with Crippen molar-refractivity contribution >= 4 is 11.6 Å². The van der Waals surface area contributed by atoms with Gasteiger partial charge in [0.2, 0.25) is 0 Å². The Balaban J connectivity index is 1.68. The molecule has 0 fully saturated rings. The molecule has 0 aliphatic heterocycles. The summed E-state index contributed by atoms with van der Waals surface area (Å²) in [6.45, 7) is 16.4. The molecule has 0 radical (unpaired) electrons. The van der Waals surface area contributed by atoms with Crippen molar-refractivity contribution in [2.24, 2.45) is 7.05 Å². The molecule has 3 heterocycles. The number of hydrogen-bond acceptors (Lipinski definition) is 4. The van der Waals surface area contributed by atoms with Crippen LogP contribution in [-0.2, 0) is 36.3 Å². The van der Waals surface area contributed by atoms with E-state index in [-0.39, 0.29) is 16.2 Å². The Kier molecular flexibility index (Phi) is 7.27. The highest BCUT2D eigenvalue weighted by atomic mass is 35.5. The van der Waals surface area contributed by atoms with Gasteiger partial charge in [-0.2, -0.15) is 4.68 Å². The van der Waals surface area contributed by atoms with Crippen LogP contribution in [0, 0.1) is 0 Å². The number of halogens is 1. The molecule has 0 unspecified atom stereocenters. The van der Waals surface area contributed by atoms with E-state index in [9.17, 15) is 0 Å². The molecular weight excluding hydrogens is 432 g/mol. The molecule has 3 aromatic rings. The van der Waals surface area contributed by atoms with Gasteiger partial charge in [-0.15, -0.1) is 4.68 Å². The summed E-state index contributed by atoms with van der Waals surface area (Å²) in [7, 11) is 2.14. The molecule has 0 spiro atoms. The highest BCUT2D eigenvalue weighted by molar-refractivity contribution is 6.29. The minimum Gasteiger partial charge on any atom is -0.258 e. The maximum Gasteiger partial charge on any atom is 0.196 e. The lowest BCUT2D eigenvalue weighted by Gasteiger charge is -2.24. The van der Waals surface area contributed by atoms with Crippen LogP contribution in [0.3, 0.4) is 0 Å². The van der Waals surface area contributed by atoms with Gasteiger partial charge in [-0.1, -0.05) is 46.2 Å². The standard InChI is InChI=1S/C26H38ClN6/c1-9-24(2,3)22-11-13-33(32(22)8)18-26(6,7)21-15-28-19(14-29-21)10-12-25(4,5)20-16-31-23(27)17-30-20/h11,13-17H,9-10,12,18H2,1-8H3/q+1. The van der Waals surface area contributed by atoms with Crippen molar-refractivity contribution in [2.75, 3.05) is 0 Å². The van der Waals surface area contributed by atoms with Crippen LogP contribution in [0.5, 0.6) is 0 Å². The van der Waals surface area contributed by atoms with E-state index >= 15 is 0 Å². The molecule has 0 N–H and O–H groups in total. The van der Waals surface area contributed by atoms with E-state index in [1.54, 1.807) is 12.4 Å². The minimum atomic E-state index is -0.145. The third-order valence-corrected chi connectivity index (χ3v) is 7.19. The summed E-state index contributed by atoms with van der Waals surface area (Å²) in [6.07, 6.45) is 12.2. The molecule has 178 valence electrons. The second-order valence-electron chi connectivity index (χ2n) is 10.9. The van der Waals surface area contributed by atoms with Crippen molar-refractivity contribution in [1.82, 2.24) is 24.6 Å². The van der Waals surface area contributed by atoms with Crippen LogP contribution in [-0.4, -0.2) is 24.6 Å². The molecule has 0 amide bonds. The first-order chi connectivity index (χ1) is 15.4. The summed E-state index contributed by atoms with van der Waals surface area (Å²) in [5.41, 5.74) is 4.15. The zero-order valence-corrected chi connectivity index (χ0v) is 22.1. The van der Waals surface area contributed by atoms with Gasteiger partial charge in [-0.05, 0) is 33.1 Å². The van der Waals surface area contributed by atoms with Gasteiger partial charge in [-0.25, -0.2) is 4.98 Å². The van der Waals surface area contributed by atoms with E-state index in [0.717, 1.165) is 42.9 Å². The summed E-state index contributed by atoms with van der Waals surface area (Å²) in [4.78, 5) is 18.2. The summed E-state index contributed by atoms with van der Waals surface area (Å²) in [5.74, 6) is 0. The lowest BCUT2D eigenvalue weighted by Crippen LogP contribution is -2.49. The quantitative estimate of drug-likeness (QED) is 0.408. The summed E-state index contributed by atoms with van der Waals surface area (Å²) in [5, 5.41) is 0.414. The zero-order valence-electron chi connectivity index (χ0n) is 21.4. The van der Waals surface area contributed by atoms with Crippen LogP contribution < -0.4 is 4.68 Å². The average molecular weight is 470 g/mol. The SMILES string of the molecule is CCC(C)(C)c1cc[n+](CC(C)(C)c2cnc(CCC(C)(C)c3cnc(Cl)cn3)cn2)n1C. The van der Waals surface area contributed by atoms with Gasteiger partial charge < -0.3 is 0 Å². The number of rotatable bonds is 9. The van der Waals surface area contributed by atoms with Gasteiger partial charge in [0.05, 0.1) is 47.6 Å². The molecule has 33 heavy (non-hydrogen) atoms. The molecule has 7 heteroatoms. The van der Waals surface area contributed by atoms with Crippen molar-refractivity contribution < 1.29 is 4.68 Å². The summed E-state index contributed by atoms with van der Waals surface area (Å²) >= 11 is 5.88. The second kappa shape index (κ2) is 9.49. The van der Waals surface area contributed by atoms with Crippen molar-refractivity contribution in [3.63, 3.8) is 0 Å². The fraction of sp³-hybridized carbons (Fsp3) is 0.577. The van der Waals surface area contributed by atoms with Gasteiger partial charge in [0.1, 0.15) is 5.15 Å². The molecule has 0 saturated carbocycles. The molecule has 0 aromatic carbocycles. The van der Waals surface area contributed by atoms with Gasteiger partial charge >= 0.3 is 0 Å². The third kappa shape index (κ3) is 5.78. The van der Waals surface area contributed by atoms with Crippen LogP contribution in [0.4, 0.5) is 0 Å². The first-order valence-electron chi connectivity index (χ1n) is 11.7. The van der Waals surface area contributed by atoms with Crippen LogP contribution in [0.2, 0.25) is 5.15 Å². The highest BCUT2D eigenvalue weighted by Gasteiger charge is 2.32. The topological polar surface area (TPSA) is 60.4 Å². The largest absolute Gasteiger partial charge is 0.258 e. The Morgan fingerprint density at radius 2 is 1.48 bits per heavy atom. The predicted octanol–water partition coefficient (Wildman–Crippen LogP) is 5.12. The number of aromatic nitrogens is 6. The normalized spacial score (nSPS) is 12.9. The monoisotopic (exact) mass is 469 g/mol. The average Bonchev–Trinajstić information content (AvgIpc) is 3.13. The molecule has 0 aliphatic rings. The minimum absolute atomic E-state index is 0.121. The predicted molar refractivity (Wildman–Crippen MR) is 132 cm³/mol. The fourth-order valence-corrected chi connectivity index (χ4v) is 4.15. The number of hydrogen-bond donors (Lipinski definition) is 0. The van der Waals surface area contributed by atoms with Crippen LogP contribution >= 0.6 is 11.6 Å². The Morgan fingerprint density at radius 3 is 2.06 bits per heavy atom. The first-order valence-corrected chi connectivity index (χ1v) is 12.1. The Labute approximate surface area is 203 Å². The van der Waals surface area contributed by atoms with Gasteiger partial charge in [0.25, 0.3) is 0 Å². The second-order valence-corrected chi connectivity index (χ2v) is 11.3. The van der Waals surface area contributed by atoms with E-state index in [0.29, 0.717) is 5.15 Å². The summed E-state index contributed by atoms with van der Waals surface area (Å²) in [6, 6.07) is 2.24. The molecule has 0 atom stereocenters. The molecular formula is C26H38ClN6+. The van der Waals surface area contributed by atoms with E-state index in [1.807, 2.05) is 12.4 Å². The summed E-state index contributed by atoms with van der Waals surface area (Å²) < 4.78 is 4.55. The Hall–Kier alpha value is -2.34. The van der Waals surface area contributed by atoms with Gasteiger partial charge in [0, 0.05) is 29.3 Å². The molecule has 0 aliphatic carbocycles. The smallest absolute Gasteiger partial charge is 0.196 e. The van der Waals surface area contributed by atoms with E-state index in [1.165, 1.54) is 5.69 Å².